The number of ketones is 2. The minimum Gasteiger partial charge on any atom is -0.741 e. The van der Waals surface area contributed by atoms with Crippen LogP contribution in [0, 0.1) is 7.14 Å². The van der Waals surface area contributed by atoms with E-state index < -0.39 is 15.6 Å². The zero-order valence-electron chi connectivity index (χ0n) is 14.1. The first-order valence-corrected chi connectivity index (χ1v) is 10.8. The zero-order chi connectivity index (χ0) is 20.8. The molecular weight excluding hydrogens is 500 g/mol. The molecule has 10 heteroatoms. The van der Waals surface area contributed by atoms with Gasteiger partial charge in [-0.2, -0.15) is 13.2 Å². The first-order valence-electron chi connectivity index (χ1n) is 7.20. The van der Waals surface area contributed by atoms with Crippen molar-refractivity contribution in [3.8, 4) is 0 Å². The molecule has 2 rings (SSSR count). The Kier molecular flexibility index (Phi) is 8.11. The SMILES string of the molecule is CC(=O)c1ccc([I+]c2ccc(C(C)=O)cc2)cc1.O=S(=O)([O-])C(F)(F)F. The van der Waals surface area contributed by atoms with Crippen molar-refractivity contribution in [2.75, 3.05) is 0 Å². The maximum absolute atomic E-state index is 11.2. The van der Waals surface area contributed by atoms with Gasteiger partial charge in [0.1, 0.15) is 0 Å². The number of carbonyl (C=O) groups is 2. The number of rotatable bonds is 4. The van der Waals surface area contributed by atoms with Crippen LogP contribution in [0.15, 0.2) is 48.5 Å². The summed E-state index contributed by atoms with van der Waals surface area (Å²) in [6.45, 7) is 3.15. The van der Waals surface area contributed by atoms with E-state index in [-0.39, 0.29) is 32.8 Å². The highest BCUT2D eigenvalue weighted by atomic mass is 127. The molecule has 146 valence electrons. The van der Waals surface area contributed by atoms with Crippen LogP contribution in [0.4, 0.5) is 13.2 Å². The number of hydrogen-bond donors (Lipinski definition) is 0. The van der Waals surface area contributed by atoms with Gasteiger partial charge in [0, 0.05) is 11.1 Å². The van der Waals surface area contributed by atoms with Gasteiger partial charge in [-0.05, 0) is 62.4 Å². The second-order valence-electron chi connectivity index (χ2n) is 5.12. The van der Waals surface area contributed by atoms with E-state index in [1.165, 1.54) is 7.14 Å². The lowest BCUT2D eigenvalue weighted by molar-refractivity contribution is -0.597. The number of carbonyl (C=O) groups excluding carboxylic acids is 2. The van der Waals surface area contributed by atoms with E-state index >= 15 is 0 Å². The predicted octanol–water partition coefficient (Wildman–Crippen LogP) is 0.272. The maximum Gasteiger partial charge on any atom is 0.485 e. The van der Waals surface area contributed by atoms with E-state index in [4.69, 9.17) is 13.0 Å². The maximum atomic E-state index is 11.2. The Labute approximate surface area is 164 Å². The van der Waals surface area contributed by atoms with Crippen LogP contribution in [-0.4, -0.2) is 30.0 Å². The largest absolute Gasteiger partial charge is 0.741 e. The molecule has 0 heterocycles. The molecule has 0 spiro atoms. The van der Waals surface area contributed by atoms with E-state index in [0.29, 0.717) is 0 Å². The smallest absolute Gasteiger partial charge is 0.485 e. The van der Waals surface area contributed by atoms with Gasteiger partial charge < -0.3 is 4.55 Å². The molecule has 0 amide bonds. The van der Waals surface area contributed by atoms with Gasteiger partial charge in [-0.1, -0.05) is 0 Å². The predicted molar refractivity (Wildman–Crippen MR) is 86.0 cm³/mol. The second kappa shape index (κ2) is 9.42. The molecule has 27 heavy (non-hydrogen) atoms. The molecule has 2 aromatic rings. The molecule has 0 aromatic heterocycles. The topological polar surface area (TPSA) is 91.3 Å². The molecular formula is C17H14F3IO5S. The fourth-order valence-corrected chi connectivity index (χ4v) is 3.78. The summed E-state index contributed by atoms with van der Waals surface area (Å²) in [6.07, 6.45) is 0. The molecule has 0 unspecified atom stereocenters. The Hall–Kier alpha value is -1.79. The standard InChI is InChI=1S/C16H14IO2.CHF3O3S/c1-11(18)13-3-7-15(8-4-13)17-16-9-5-14(6-10-16)12(2)19;2-1(3,4)8(5,6)7/h3-10H,1-2H3;(H,5,6,7)/q+1;/p-1. The highest BCUT2D eigenvalue weighted by molar-refractivity contribution is 7.86. The van der Waals surface area contributed by atoms with E-state index in [1.54, 1.807) is 13.8 Å². The van der Waals surface area contributed by atoms with Gasteiger partial charge >= 0.3 is 26.7 Å². The minimum absolute atomic E-state index is 0.0931. The van der Waals surface area contributed by atoms with Gasteiger partial charge in [-0.25, -0.2) is 8.42 Å². The lowest BCUT2D eigenvalue weighted by Gasteiger charge is -2.08. The summed E-state index contributed by atoms with van der Waals surface area (Å²) in [5.41, 5.74) is -4.15. The van der Waals surface area contributed by atoms with Crippen LogP contribution >= 0.6 is 0 Å². The van der Waals surface area contributed by atoms with Crippen molar-refractivity contribution in [1.82, 2.24) is 0 Å². The second-order valence-corrected chi connectivity index (χ2v) is 9.52. The highest BCUT2D eigenvalue weighted by Gasteiger charge is 2.36. The molecule has 0 bridgehead atoms. The fourth-order valence-electron chi connectivity index (χ4n) is 1.62. The highest BCUT2D eigenvalue weighted by Crippen LogP contribution is 2.20. The van der Waals surface area contributed by atoms with Crippen molar-refractivity contribution < 1.29 is 56.9 Å². The van der Waals surface area contributed by atoms with Crippen LogP contribution in [0.3, 0.4) is 0 Å². The van der Waals surface area contributed by atoms with E-state index in [2.05, 4.69) is 0 Å². The summed E-state index contributed by atoms with van der Waals surface area (Å²) >= 11 is -0.259. The fraction of sp³-hybridized carbons (Fsp3) is 0.176. The van der Waals surface area contributed by atoms with E-state index in [9.17, 15) is 22.8 Å². The lowest BCUT2D eigenvalue weighted by Crippen LogP contribution is -3.61. The third kappa shape index (κ3) is 7.77. The van der Waals surface area contributed by atoms with Gasteiger partial charge in [0.05, 0.1) is 0 Å². The quantitative estimate of drug-likeness (QED) is 0.253. The van der Waals surface area contributed by atoms with Crippen molar-refractivity contribution in [3.05, 3.63) is 66.8 Å². The number of halogens is 4. The van der Waals surface area contributed by atoms with Gasteiger partial charge in [0.15, 0.2) is 28.8 Å². The lowest BCUT2D eigenvalue weighted by atomic mass is 10.2. The molecule has 0 aliphatic rings. The van der Waals surface area contributed by atoms with E-state index in [0.717, 1.165) is 11.1 Å². The monoisotopic (exact) mass is 514 g/mol. The molecule has 2 aromatic carbocycles. The first-order chi connectivity index (χ1) is 12.3. The molecule has 0 saturated heterocycles. The van der Waals surface area contributed by atoms with Crippen molar-refractivity contribution in [2.24, 2.45) is 0 Å². The van der Waals surface area contributed by atoms with Crippen molar-refractivity contribution in [2.45, 2.75) is 19.4 Å². The van der Waals surface area contributed by atoms with E-state index in [1.807, 2.05) is 48.5 Å². The molecule has 0 aliphatic carbocycles. The Bertz CT molecular complexity index is 850. The van der Waals surface area contributed by atoms with Crippen molar-refractivity contribution in [3.63, 3.8) is 0 Å². The number of alkyl halides is 3. The first kappa shape index (κ1) is 23.2. The summed E-state index contributed by atoms with van der Waals surface area (Å²) in [5, 5.41) is 0. The minimum atomic E-state index is -6.09. The molecule has 0 N–H and O–H groups in total. The van der Waals surface area contributed by atoms with Crippen LogP contribution in [0.1, 0.15) is 34.6 Å². The van der Waals surface area contributed by atoms with Crippen LogP contribution in [0.2, 0.25) is 0 Å². The van der Waals surface area contributed by atoms with Crippen LogP contribution < -0.4 is 21.2 Å². The van der Waals surface area contributed by atoms with Crippen LogP contribution in [0.25, 0.3) is 0 Å². The third-order valence-corrected chi connectivity index (χ3v) is 6.25. The van der Waals surface area contributed by atoms with Gasteiger partial charge in [-0.15, -0.1) is 0 Å². The van der Waals surface area contributed by atoms with Gasteiger partial charge in [0.2, 0.25) is 0 Å². The number of benzene rings is 2. The zero-order valence-corrected chi connectivity index (χ0v) is 17.1. The molecule has 0 fully saturated rings. The molecule has 0 radical (unpaired) electrons. The summed E-state index contributed by atoms with van der Waals surface area (Å²) in [5.74, 6) is 0.186. The Balaban J connectivity index is 0.000000387. The van der Waals surface area contributed by atoms with Crippen molar-refractivity contribution >= 4 is 21.7 Å². The average molecular weight is 514 g/mol. The number of hydrogen-bond acceptors (Lipinski definition) is 5. The average Bonchev–Trinajstić information content (AvgIpc) is 2.54. The molecule has 0 aliphatic heterocycles. The Morgan fingerprint density at radius 3 is 1.26 bits per heavy atom. The Morgan fingerprint density at radius 1 is 0.815 bits per heavy atom. The summed E-state index contributed by atoms with van der Waals surface area (Å²) in [6, 6.07) is 15.6. The molecule has 0 saturated carbocycles. The van der Waals surface area contributed by atoms with Crippen LogP contribution in [-0.2, 0) is 10.1 Å². The summed E-state index contributed by atoms with van der Waals surface area (Å²) < 4.78 is 61.4. The number of Topliss-reactive ketones (excluding diaryl/α,β-unsaturated/α-hetero) is 2. The van der Waals surface area contributed by atoms with Gasteiger partial charge in [0.25, 0.3) is 0 Å². The normalized spacial score (nSPS) is 11.3. The Morgan fingerprint density at radius 2 is 1.07 bits per heavy atom. The molecule has 0 atom stereocenters. The van der Waals surface area contributed by atoms with Gasteiger partial charge in [-0.3, -0.25) is 9.59 Å². The van der Waals surface area contributed by atoms with Crippen LogP contribution in [0.5, 0.6) is 0 Å². The summed E-state index contributed by atoms with van der Waals surface area (Å²) in [4.78, 5) is 22.4. The van der Waals surface area contributed by atoms with Crippen molar-refractivity contribution in [1.29, 1.82) is 0 Å². The summed E-state index contributed by atoms with van der Waals surface area (Å²) in [7, 11) is -6.09. The molecule has 5 nitrogen and oxygen atoms in total. The third-order valence-electron chi connectivity index (χ3n) is 3.00.